The van der Waals surface area contributed by atoms with E-state index >= 15 is 0 Å². The average molecular weight is 293 g/mol. The summed E-state index contributed by atoms with van der Waals surface area (Å²) < 4.78 is 5.54. The molecule has 21 heavy (non-hydrogen) atoms. The number of hydrogen-bond acceptors (Lipinski definition) is 6. The van der Waals surface area contributed by atoms with Crippen LogP contribution in [0.2, 0.25) is 0 Å². The molecule has 1 unspecified atom stereocenters. The van der Waals surface area contributed by atoms with Gasteiger partial charge >= 0.3 is 0 Å². The van der Waals surface area contributed by atoms with Crippen LogP contribution in [0.4, 0.5) is 5.95 Å². The second kappa shape index (κ2) is 7.15. The van der Waals surface area contributed by atoms with E-state index in [1.807, 2.05) is 6.07 Å². The molecular formula is C15H27N5O. The van der Waals surface area contributed by atoms with Crippen LogP contribution < -0.4 is 10.6 Å². The fraction of sp³-hybridized carbons (Fsp3) is 0.733. The predicted octanol–water partition coefficient (Wildman–Crippen LogP) is 0.741. The number of hydrogen-bond donors (Lipinski definition) is 1. The summed E-state index contributed by atoms with van der Waals surface area (Å²) in [6, 6.07) is 2.20. The van der Waals surface area contributed by atoms with Crippen molar-refractivity contribution >= 4 is 5.95 Å². The Hall–Kier alpha value is -1.24. The van der Waals surface area contributed by atoms with Crippen molar-refractivity contribution in [2.45, 2.75) is 31.9 Å². The molecule has 0 spiro atoms. The van der Waals surface area contributed by atoms with Crippen molar-refractivity contribution < 1.29 is 4.74 Å². The summed E-state index contributed by atoms with van der Waals surface area (Å²) in [5, 5.41) is 0. The summed E-state index contributed by atoms with van der Waals surface area (Å²) in [4.78, 5) is 13.3. The van der Waals surface area contributed by atoms with Gasteiger partial charge in [0, 0.05) is 58.3 Å². The van der Waals surface area contributed by atoms with Gasteiger partial charge in [0.25, 0.3) is 0 Å². The second-order valence-electron chi connectivity index (χ2n) is 6.13. The summed E-state index contributed by atoms with van der Waals surface area (Å²) in [7, 11) is 1.76. The minimum atomic E-state index is -0.135. The molecule has 0 bridgehead atoms. The van der Waals surface area contributed by atoms with Gasteiger partial charge in [-0.25, -0.2) is 9.97 Å². The molecule has 1 aliphatic heterocycles. The van der Waals surface area contributed by atoms with Crippen LogP contribution in [0.1, 0.15) is 20.3 Å². The molecule has 0 radical (unpaired) electrons. The molecule has 2 rings (SSSR count). The maximum absolute atomic E-state index is 5.98. The van der Waals surface area contributed by atoms with Crippen LogP contribution in [-0.2, 0) is 4.74 Å². The fourth-order valence-electron chi connectivity index (χ4n) is 2.75. The number of nitrogens with two attached hydrogens (primary N) is 1. The van der Waals surface area contributed by atoms with Crippen molar-refractivity contribution in [3.63, 3.8) is 0 Å². The van der Waals surface area contributed by atoms with Crippen molar-refractivity contribution in [3.8, 4) is 0 Å². The zero-order valence-corrected chi connectivity index (χ0v) is 13.3. The number of anilines is 1. The molecule has 1 aliphatic rings. The summed E-state index contributed by atoms with van der Waals surface area (Å²) in [6.07, 6.45) is 4.53. The summed E-state index contributed by atoms with van der Waals surface area (Å²) in [5.41, 5.74) is 5.84. The van der Waals surface area contributed by atoms with Crippen LogP contribution in [0.25, 0.3) is 0 Å². The van der Waals surface area contributed by atoms with Gasteiger partial charge in [0.05, 0.1) is 5.60 Å². The molecule has 1 aromatic heterocycles. The van der Waals surface area contributed by atoms with E-state index in [1.54, 1.807) is 19.5 Å². The first-order valence-corrected chi connectivity index (χ1v) is 7.57. The van der Waals surface area contributed by atoms with Crippen LogP contribution in [0.3, 0.4) is 0 Å². The van der Waals surface area contributed by atoms with Gasteiger partial charge in [-0.05, 0) is 26.3 Å². The number of rotatable bonds is 6. The molecule has 0 saturated carbocycles. The van der Waals surface area contributed by atoms with E-state index in [-0.39, 0.29) is 5.60 Å². The highest BCUT2D eigenvalue weighted by Gasteiger charge is 2.29. The molecule has 0 aliphatic carbocycles. The maximum atomic E-state index is 5.98. The third-order valence-electron chi connectivity index (χ3n) is 4.22. The largest absolute Gasteiger partial charge is 0.379 e. The third kappa shape index (κ3) is 4.36. The highest BCUT2D eigenvalue weighted by Crippen LogP contribution is 2.20. The Bertz CT molecular complexity index is 417. The Labute approximate surface area is 127 Å². The molecule has 2 N–H and O–H groups in total. The van der Waals surface area contributed by atoms with Crippen molar-refractivity contribution in [2.24, 2.45) is 5.73 Å². The summed E-state index contributed by atoms with van der Waals surface area (Å²) in [5.74, 6) is 0.818. The highest BCUT2D eigenvalue weighted by molar-refractivity contribution is 5.29. The standard InChI is InChI=1S/C15H27N5O/c1-15(2,21-3)11-13(12-16)19-7-9-20(10-8-19)14-17-5-4-6-18-14/h4-6,13H,7-12,16H2,1-3H3. The average Bonchev–Trinajstić information content (AvgIpc) is 2.54. The lowest BCUT2D eigenvalue weighted by Gasteiger charge is -2.41. The van der Waals surface area contributed by atoms with E-state index in [9.17, 15) is 0 Å². The normalized spacial score (nSPS) is 18.8. The van der Waals surface area contributed by atoms with Crippen LogP contribution in [0.15, 0.2) is 18.5 Å². The van der Waals surface area contributed by atoms with Gasteiger partial charge in [0.15, 0.2) is 0 Å². The van der Waals surface area contributed by atoms with Crippen molar-refractivity contribution in [2.75, 3.05) is 44.7 Å². The number of aromatic nitrogens is 2. The van der Waals surface area contributed by atoms with Crippen molar-refractivity contribution in [1.29, 1.82) is 0 Å². The van der Waals surface area contributed by atoms with E-state index in [4.69, 9.17) is 10.5 Å². The van der Waals surface area contributed by atoms with Crippen LogP contribution in [0.5, 0.6) is 0 Å². The van der Waals surface area contributed by atoms with Crippen molar-refractivity contribution in [1.82, 2.24) is 14.9 Å². The molecule has 1 fully saturated rings. The molecule has 6 nitrogen and oxygen atoms in total. The molecule has 2 heterocycles. The molecular weight excluding hydrogens is 266 g/mol. The lowest BCUT2D eigenvalue weighted by Crippen LogP contribution is -2.54. The monoisotopic (exact) mass is 293 g/mol. The first kappa shape index (κ1) is 16.1. The van der Waals surface area contributed by atoms with Gasteiger partial charge in [0.1, 0.15) is 0 Å². The predicted molar refractivity (Wildman–Crippen MR) is 84.4 cm³/mol. The van der Waals surface area contributed by atoms with Gasteiger partial charge in [-0.15, -0.1) is 0 Å². The molecule has 1 saturated heterocycles. The van der Waals surface area contributed by atoms with Crippen LogP contribution in [0, 0.1) is 0 Å². The summed E-state index contributed by atoms with van der Waals surface area (Å²) in [6.45, 7) is 8.74. The minimum Gasteiger partial charge on any atom is -0.379 e. The lowest BCUT2D eigenvalue weighted by molar-refractivity contribution is -0.00834. The van der Waals surface area contributed by atoms with E-state index < -0.39 is 0 Å². The van der Waals surface area contributed by atoms with Crippen LogP contribution in [-0.4, -0.2) is 66.3 Å². The Morgan fingerprint density at radius 1 is 1.24 bits per heavy atom. The second-order valence-corrected chi connectivity index (χ2v) is 6.13. The molecule has 118 valence electrons. The summed E-state index contributed by atoms with van der Waals surface area (Å²) >= 11 is 0. The van der Waals surface area contributed by atoms with E-state index in [2.05, 4.69) is 33.6 Å². The fourth-order valence-corrected chi connectivity index (χ4v) is 2.75. The highest BCUT2D eigenvalue weighted by atomic mass is 16.5. The smallest absolute Gasteiger partial charge is 0.225 e. The topological polar surface area (TPSA) is 67.5 Å². The van der Waals surface area contributed by atoms with Crippen molar-refractivity contribution in [3.05, 3.63) is 18.5 Å². The van der Waals surface area contributed by atoms with E-state index in [0.29, 0.717) is 12.6 Å². The number of methoxy groups -OCH3 is 1. The molecule has 0 amide bonds. The maximum Gasteiger partial charge on any atom is 0.225 e. The first-order chi connectivity index (χ1) is 10.1. The van der Waals surface area contributed by atoms with Gasteiger partial charge < -0.3 is 15.4 Å². The molecule has 6 heteroatoms. The van der Waals surface area contributed by atoms with E-state index in [0.717, 1.165) is 38.5 Å². The Morgan fingerprint density at radius 3 is 2.38 bits per heavy atom. The van der Waals surface area contributed by atoms with E-state index in [1.165, 1.54) is 0 Å². The number of nitrogens with zero attached hydrogens (tertiary/aromatic N) is 4. The van der Waals surface area contributed by atoms with Gasteiger partial charge in [0.2, 0.25) is 5.95 Å². The third-order valence-corrected chi connectivity index (χ3v) is 4.22. The van der Waals surface area contributed by atoms with Crippen LogP contribution >= 0.6 is 0 Å². The Kier molecular flexibility index (Phi) is 5.50. The number of ether oxygens (including phenoxy) is 1. The lowest BCUT2D eigenvalue weighted by atomic mass is 9.97. The first-order valence-electron chi connectivity index (χ1n) is 7.57. The quantitative estimate of drug-likeness (QED) is 0.834. The molecule has 1 aromatic rings. The zero-order chi connectivity index (χ0) is 15.3. The van der Waals surface area contributed by atoms with Gasteiger partial charge in [-0.1, -0.05) is 0 Å². The number of piperazine rings is 1. The Morgan fingerprint density at radius 2 is 1.86 bits per heavy atom. The molecule has 1 atom stereocenters. The molecule has 0 aromatic carbocycles. The zero-order valence-electron chi connectivity index (χ0n) is 13.3. The van der Waals surface area contributed by atoms with Gasteiger partial charge in [-0.2, -0.15) is 0 Å². The SMILES string of the molecule is COC(C)(C)CC(CN)N1CCN(c2ncccn2)CC1. The van der Waals surface area contributed by atoms with Gasteiger partial charge in [-0.3, -0.25) is 4.90 Å². The Balaban J connectivity index is 1.90. The minimum absolute atomic E-state index is 0.135.